The number of benzene rings is 1. The largest absolute Gasteiger partial charge is 0.322 e. The summed E-state index contributed by atoms with van der Waals surface area (Å²) < 4.78 is 0. The first-order chi connectivity index (χ1) is 13.5. The number of nitrogens with one attached hydrogen (secondary N) is 3. The molecule has 3 heterocycles. The van der Waals surface area contributed by atoms with Crippen molar-refractivity contribution in [3.8, 4) is 0 Å². The van der Waals surface area contributed by atoms with Gasteiger partial charge in [-0.15, -0.1) is 0 Å². The van der Waals surface area contributed by atoms with Gasteiger partial charge in [-0.25, -0.2) is 0 Å². The van der Waals surface area contributed by atoms with Crippen LogP contribution in [0.2, 0.25) is 0 Å². The van der Waals surface area contributed by atoms with Gasteiger partial charge in [-0.2, -0.15) is 0 Å². The molecular weight excluding hydrogens is 356 g/mol. The summed E-state index contributed by atoms with van der Waals surface area (Å²) in [5.74, 6) is -0.734. The molecule has 2 saturated heterocycles. The molecule has 0 bridgehead atoms. The monoisotopic (exact) mass is 382 g/mol. The summed E-state index contributed by atoms with van der Waals surface area (Å²) in [4.78, 5) is 37.9. The van der Waals surface area contributed by atoms with Crippen molar-refractivity contribution in [2.24, 2.45) is 0 Å². The molecule has 1 spiro atoms. The third-order valence-electron chi connectivity index (χ3n) is 6.67. The van der Waals surface area contributed by atoms with Crippen LogP contribution in [-0.2, 0) is 22.7 Å². The van der Waals surface area contributed by atoms with Crippen molar-refractivity contribution in [3.05, 3.63) is 34.9 Å². The molecule has 1 aliphatic carbocycles. The second-order valence-electron chi connectivity index (χ2n) is 8.67. The topological polar surface area (TPSA) is 90.5 Å². The normalized spacial score (nSPS) is 28.4. The van der Waals surface area contributed by atoms with Crippen LogP contribution in [-0.4, -0.2) is 46.8 Å². The Labute approximate surface area is 164 Å². The number of carbonyl (C=O) groups is 3. The molecule has 3 N–H and O–H groups in total. The predicted octanol–water partition coefficient (Wildman–Crippen LogP) is 0.822. The fraction of sp³-hybridized carbons (Fsp3) is 0.571. The minimum atomic E-state index is -0.552. The first kappa shape index (κ1) is 17.8. The van der Waals surface area contributed by atoms with Crippen LogP contribution in [0.15, 0.2) is 18.2 Å². The van der Waals surface area contributed by atoms with E-state index in [-0.39, 0.29) is 24.1 Å². The van der Waals surface area contributed by atoms with Gasteiger partial charge in [0.2, 0.25) is 11.8 Å². The van der Waals surface area contributed by atoms with Crippen molar-refractivity contribution < 1.29 is 14.4 Å². The van der Waals surface area contributed by atoms with Crippen LogP contribution in [0.25, 0.3) is 0 Å². The highest BCUT2D eigenvalue weighted by molar-refractivity contribution is 6.05. The Bertz CT molecular complexity index is 848. The molecule has 1 aromatic rings. The number of nitrogens with zero attached hydrogens (tertiary/aromatic N) is 1. The number of hydrogen-bond donors (Lipinski definition) is 3. The quantitative estimate of drug-likeness (QED) is 0.671. The van der Waals surface area contributed by atoms with E-state index in [1.54, 1.807) is 4.90 Å². The summed E-state index contributed by atoms with van der Waals surface area (Å²) in [6, 6.07) is 5.96. The molecule has 2 atom stereocenters. The first-order valence-corrected chi connectivity index (χ1v) is 10.3. The van der Waals surface area contributed by atoms with Crippen molar-refractivity contribution in [1.29, 1.82) is 0 Å². The SMILES string of the molecule is O=C1CCC(N2Cc3cc(CNC4CCNC5(CC5)C4)ccc3C2=O)C(=O)N1. The van der Waals surface area contributed by atoms with Crippen LogP contribution in [0.5, 0.6) is 0 Å². The zero-order valence-corrected chi connectivity index (χ0v) is 15.9. The molecule has 1 aromatic carbocycles. The van der Waals surface area contributed by atoms with Gasteiger partial charge in [-0.1, -0.05) is 12.1 Å². The highest BCUT2D eigenvalue weighted by Crippen LogP contribution is 2.42. The van der Waals surface area contributed by atoms with E-state index >= 15 is 0 Å². The molecule has 2 unspecified atom stereocenters. The van der Waals surface area contributed by atoms with Gasteiger partial charge in [0, 0.05) is 36.7 Å². The molecule has 4 aliphatic rings. The Hall–Kier alpha value is -2.25. The Morgan fingerprint density at radius 2 is 2.04 bits per heavy atom. The van der Waals surface area contributed by atoms with E-state index in [2.05, 4.69) is 22.0 Å². The van der Waals surface area contributed by atoms with Gasteiger partial charge in [-0.3, -0.25) is 19.7 Å². The Kier molecular flexibility index (Phi) is 4.25. The molecule has 3 aliphatic heterocycles. The van der Waals surface area contributed by atoms with E-state index in [1.807, 2.05) is 12.1 Å². The Morgan fingerprint density at radius 3 is 2.82 bits per heavy atom. The highest BCUT2D eigenvalue weighted by atomic mass is 16.2. The number of piperidine rings is 2. The smallest absolute Gasteiger partial charge is 0.255 e. The molecule has 5 rings (SSSR count). The average molecular weight is 382 g/mol. The molecule has 28 heavy (non-hydrogen) atoms. The number of rotatable bonds is 4. The second-order valence-corrected chi connectivity index (χ2v) is 8.67. The fourth-order valence-corrected chi connectivity index (χ4v) is 4.86. The molecule has 0 radical (unpaired) electrons. The molecule has 3 amide bonds. The lowest BCUT2D eigenvalue weighted by Crippen LogP contribution is -2.52. The van der Waals surface area contributed by atoms with Crippen LogP contribution in [0.3, 0.4) is 0 Å². The lowest BCUT2D eigenvalue weighted by Gasteiger charge is -2.31. The minimum absolute atomic E-state index is 0.113. The average Bonchev–Trinajstić information content (AvgIpc) is 3.34. The standard InChI is InChI=1S/C21H26N4O3/c26-18-4-3-17(19(27)24-18)25-12-14-9-13(1-2-16(14)20(25)28)11-22-15-5-8-23-21(10-15)6-7-21/h1-2,9,15,17,22-23H,3-8,10-12H2,(H,24,26,27). The zero-order valence-electron chi connectivity index (χ0n) is 15.9. The molecule has 148 valence electrons. The minimum Gasteiger partial charge on any atom is -0.322 e. The van der Waals surface area contributed by atoms with Gasteiger partial charge < -0.3 is 15.5 Å². The molecule has 0 aromatic heterocycles. The van der Waals surface area contributed by atoms with Gasteiger partial charge in [-0.05, 0) is 55.8 Å². The third kappa shape index (κ3) is 3.22. The number of carbonyl (C=O) groups excluding carboxylic acids is 3. The van der Waals surface area contributed by atoms with E-state index in [4.69, 9.17) is 0 Å². The summed E-state index contributed by atoms with van der Waals surface area (Å²) in [7, 11) is 0. The van der Waals surface area contributed by atoms with E-state index in [1.165, 1.54) is 24.8 Å². The lowest BCUT2D eigenvalue weighted by atomic mass is 9.97. The van der Waals surface area contributed by atoms with Crippen molar-refractivity contribution >= 4 is 17.7 Å². The van der Waals surface area contributed by atoms with Gasteiger partial charge in [0.25, 0.3) is 5.91 Å². The van der Waals surface area contributed by atoms with E-state index in [0.29, 0.717) is 30.1 Å². The number of amides is 3. The van der Waals surface area contributed by atoms with Crippen LogP contribution in [0.4, 0.5) is 0 Å². The summed E-state index contributed by atoms with van der Waals surface area (Å²) in [6.07, 6.45) is 5.61. The van der Waals surface area contributed by atoms with Crippen molar-refractivity contribution in [2.75, 3.05) is 6.54 Å². The highest BCUT2D eigenvalue weighted by Gasteiger charge is 2.45. The Morgan fingerprint density at radius 1 is 1.18 bits per heavy atom. The van der Waals surface area contributed by atoms with E-state index in [0.717, 1.165) is 25.1 Å². The van der Waals surface area contributed by atoms with Crippen LogP contribution < -0.4 is 16.0 Å². The maximum Gasteiger partial charge on any atom is 0.255 e. The fourth-order valence-electron chi connectivity index (χ4n) is 4.86. The first-order valence-electron chi connectivity index (χ1n) is 10.3. The van der Waals surface area contributed by atoms with Gasteiger partial charge in [0.1, 0.15) is 6.04 Å². The Balaban J connectivity index is 1.24. The number of imide groups is 1. The molecule has 1 saturated carbocycles. The van der Waals surface area contributed by atoms with Gasteiger partial charge >= 0.3 is 0 Å². The lowest BCUT2D eigenvalue weighted by molar-refractivity contribution is -0.136. The molecule has 7 nitrogen and oxygen atoms in total. The number of fused-ring (bicyclic) bond motifs is 1. The molecular formula is C21H26N4O3. The van der Waals surface area contributed by atoms with E-state index in [9.17, 15) is 14.4 Å². The molecule has 7 heteroatoms. The summed E-state index contributed by atoms with van der Waals surface area (Å²) in [6.45, 7) is 2.31. The van der Waals surface area contributed by atoms with Crippen molar-refractivity contribution in [3.63, 3.8) is 0 Å². The van der Waals surface area contributed by atoms with E-state index < -0.39 is 6.04 Å². The number of hydrogen-bond acceptors (Lipinski definition) is 5. The van der Waals surface area contributed by atoms with Gasteiger partial charge in [0.05, 0.1) is 0 Å². The molecule has 3 fully saturated rings. The van der Waals surface area contributed by atoms with Crippen molar-refractivity contribution in [2.45, 2.75) is 69.2 Å². The van der Waals surface area contributed by atoms with Gasteiger partial charge in [0.15, 0.2) is 0 Å². The second kappa shape index (κ2) is 6.67. The van der Waals surface area contributed by atoms with Crippen LogP contribution in [0, 0.1) is 0 Å². The maximum absolute atomic E-state index is 12.8. The maximum atomic E-state index is 12.8. The summed E-state index contributed by atoms with van der Waals surface area (Å²) in [5, 5.41) is 9.67. The third-order valence-corrected chi connectivity index (χ3v) is 6.67. The zero-order chi connectivity index (χ0) is 19.3. The van der Waals surface area contributed by atoms with Crippen molar-refractivity contribution in [1.82, 2.24) is 20.9 Å². The van der Waals surface area contributed by atoms with Crippen LogP contribution in [0.1, 0.15) is 60.0 Å². The predicted molar refractivity (Wildman–Crippen MR) is 102 cm³/mol. The summed E-state index contributed by atoms with van der Waals surface area (Å²) >= 11 is 0. The summed E-state index contributed by atoms with van der Waals surface area (Å²) in [5.41, 5.74) is 3.22. The van der Waals surface area contributed by atoms with Crippen LogP contribution >= 0.6 is 0 Å².